The first-order valence-electron chi connectivity index (χ1n) is 7.44. The number of benzene rings is 2. The average Bonchev–Trinajstić information content (AvgIpc) is 2.67. The zero-order valence-electron chi connectivity index (χ0n) is 14.0. The van der Waals surface area contributed by atoms with Crippen LogP contribution in [0.1, 0.15) is 30.1 Å². The number of carbonyl (C=O) groups excluding carboxylic acids is 2. The van der Waals surface area contributed by atoms with Gasteiger partial charge in [0.15, 0.2) is 6.10 Å². The Kier molecular flexibility index (Phi) is 8.22. The first-order valence-corrected chi connectivity index (χ1v) is 7.44. The summed E-state index contributed by atoms with van der Waals surface area (Å²) < 4.78 is 9.00. The molecular weight excluding hydrogens is 308 g/mol. The van der Waals surface area contributed by atoms with Crippen LogP contribution in [0.15, 0.2) is 60.7 Å². The third-order valence-electron chi connectivity index (χ3n) is 3.39. The van der Waals surface area contributed by atoms with E-state index in [4.69, 9.17) is 0 Å². The maximum atomic E-state index is 11.1. The van der Waals surface area contributed by atoms with Crippen molar-refractivity contribution in [2.24, 2.45) is 0 Å². The van der Waals surface area contributed by atoms with Gasteiger partial charge >= 0.3 is 11.9 Å². The van der Waals surface area contributed by atoms with Crippen molar-refractivity contribution in [3.05, 3.63) is 71.8 Å². The van der Waals surface area contributed by atoms with Crippen LogP contribution in [0.3, 0.4) is 0 Å². The molecule has 2 rings (SSSR count). The lowest BCUT2D eigenvalue weighted by atomic mass is 10.0. The van der Waals surface area contributed by atoms with E-state index in [1.54, 1.807) is 24.3 Å². The number of aliphatic hydroxyl groups excluding tert-OH is 1. The number of ether oxygens (including phenoxy) is 2. The molecule has 5 nitrogen and oxygen atoms in total. The largest absolute Gasteiger partial charge is 0.469 e. The summed E-state index contributed by atoms with van der Waals surface area (Å²) in [6, 6.07) is 18.2. The summed E-state index contributed by atoms with van der Waals surface area (Å²) in [4.78, 5) is 21.9. The minimum Gasteiger partial charge on any atom is -0.469 e. The summed E-state index contributed by atoms with van der Waals surface area (Å²) in [7, 11) is 2.65. The summed E-state index contributed by atoms with van der Waals surface area (Å²) in [5.41, 5.74) is 1.54. The van der Waals surface area contributed by atoms with Crippen molar-refractivity contribution in [2.45, 2.75) is 18.9 Å². The minimum absolute atomic E-state index is 0.170. The van der Waals surface area contributed by atoms with Gasteiger partial charge in [0, 0.05) is 0 Å². The first-order chi connectivity index (χ1) is 11.5. The Hall–Kier alpha value is -2.66. The maximum absolute atomic E-state index is 11.1. The predicted octanol–water partition coefficient (Wildman–Crippen LogP) is 2.86. The highest BCUT2D eigenvalue weighted by molar-refractivity contribution is 5.77. The van der Waals surface area contributed by atoms with Crippen LogP contribution in [-0.2, 0) is 19.1 Å². The molecule has 2 atom stereocenters. The van der Waals surface area contributed by atoms with Crippen LogP contribution in [0.4, 0.5) is 0 Å². The lowest BCUT2D eigenvalue weighted by molar-refractivity contribution is -0.150. The fourth-order valence-corrected chi connectivity index (χ4v) is 1.94. The molecule has 2 aromatic carbocycles. The third-order valence-corrected chi connectivity index (χ3v) is 3.39. The van der Waals surface area contributed by atoms with Crippen molar-refractivity contribution >= 4 is 11.9 Å². The Labute approximate surface area is 141 Å². The summed E-state index contributed by atoms with van der Waals surface area (Å²) >= 11 is 0. The minimum atomic E-state index is -1.17. The number of rotatable bonds is 4. The molecule has 0 radical (unpaired) electrons. The molecule has 0 saturated heterocycles. The zero-order valence-corrected chi connectivity index (χ0v) is 14.0. The van der Waals surface area contributed by atoms with E-state index in [1.807, 2.05) is 43.3 Å². The van der Waals surface area contributed by atoms with Gasteiger partial charge in [-0.2, -0.15) is 0 Å². The van der Waals surface area contributed by atoms with E-state index >= 15 is 0 Å². The van der Waals surface area contributed by atoms with Crippen molar-refractivity contribution in [3.8, 4) is 0 Å². The first kappa shape index (κ1) is 19.4. The van der Waals surface area contributed by atoms with Crippen LogP contribution in [0, 0.1) is 0 Å². The Morgan fingerprint density at radius 2 is 1.21 bits per heavy atom. The van der Waals surface area contributed by atoms with Gasteiger partial charge in [0.25, 0.3) is 0 Å². The standard InChI is InChI=1S/C10H12O2.C9H10O3/c1-8(10(11)12-2)9-6-4-3-5-7-9;1-12-9(11)8(10)7-5-3-2-4-6-7/h3-8H,1-2H3;2-6,8,10H,1H3/t2*8-/m11/s1. The number of carbonyl (C=O) groups is 2. The van der Waals surface area contributed by atoms with E-state index < -0.39 is 12.1 Å². The van der Waals surface area contributed by atoms with Crippen LogP contribution in [0.5, 0.6) is 0 Å². The number of hydrogen-bond donors (Lipinski definition) is 1. The maximum Gasteiger partial charge on any atom is 0.339 e. The lowest BCUT2D eigenvalue weighted by Gasteiger charge is -2.08. The number of methoxy groups -OCH3 is 2. The molecule has 0 unspecified atom stereocenters. The molecular formula is C19H22O5. The van der Waals surface area contributed by atoms with Gasteiger partial charge in [0.05, 0.1) is 20.1 Å². The van der Waals surface area contributed by atoms with Gasteiger partial charge in [0.1, 0.15) is 0 Å². The molecule has 0 fully saturated rings. The van der Waals surface area contributed by atoms with E-state index in [2.05, 4.69) is 9.47 Å². The molecule has 0 spiro atoms. The second-order valence-corrected chi connectivity index (χ2v) is 4.99. The summed E-state index contributed by atoms with van der Waals surface area (Å²) in [5.74, 6) is -1.00. The van der Waals surface area contributed by atoms with Gasteiger partial charge in [-0.3, -0.25) is 4.79 Å². The van der Waals surface area contributed by atoms with E-state index in [-0.39, 0.29) is 11.9 Å². The van der Waals surface area contributed by atoms with Gasteiger partial charge < -0.3 is 14.6 Å². The van der Waals surface area contributed by atoms with Crippen molar-refractivity contribution < 1.29 is 24.2 Å². The fraction of sp³-hybridized carbons (Fsp3) is 0.263. The highest BCUT2D eigenvalue weighted by Gasteiger charge is 2.16. The summed E-state index contributed by atoms with van der Waals surface area (Å²) in [6.45, 7) is 1.83. The lowest BCUT2D eigenvalue weighted by Crippen LogP contribution is -2.13. The van der Waals surface area contributed by atoms with Crippen molar-refractivity contribution in [3.63, 3.8) is 0 Å². The molecule has 0 bridgehead atoms. The number of aliphatic hydroxyl groups is 1. The fourth-order valence-electron chi connectivity index (χ4n) is 1.94. The molecule has 0 heterocycles. The van der Waals surface area contributed by atoms with Crippen LogP contribution >= 0.6 is 0 Å². The molecule has 24 heavy (non-hydrogen) atoms. The SMILES string of the molecule is COC(=O)[C@H](C)c1ccccc1.COC(=O)[C@H](O)c1ccccc1. The molecule has 0 aromatic heterocycles. The van der Waals surface area contributed by atoms with Crippen molar-refractivity contribution in [2.75, 3.05) is 14.2 Å². The van der Waals surface area contributed by atoms with E-state index in [0.717, 1.165) is 5.56 Å². The molecule has 0 aliphatic rings. The molecule has 0 aliphatic carbocycles. The highest BCUT2D eigenvalue weighted by atomic mass is 16.5. The highest BCUT2D eigenvalue weighted by Crippen LogP contribution is 2.15. The Bertz CT molecular complexity index is 567. The molecule has 0 amide bonds. The molecule has 128 valence electrons. The molecule has 2 aromatic rings. The van der Waals surface area contributed by atoms with Crippen molar-refractivity contribution in [1.29, 1.82) is 0 Å². The van der Waals surface area contributed by atoms with Gasteiger partial charge in [-0.25, -0.2) is 4.79 Å². The second-order valence-electron chi connectivity index (χ2n) is 4.99. The van der Waals surface area contributed by atoms with Gasteiger partial charge in [-0.15, -0.1) is 0 Å². The van der Waals surface area contributed by atoms with Gasteiger partial charge in [0.2, 0.25) is 0 Å². The molecule has 1 N–H and O–H groups in total. The average molecular weight is 330 g/mol. The smallest absolute Gasteiger partial charge is 0.339 e. The Morgan fingerprint density at radius 1 is 0.792 bits per heavy atom. The quantitative estimate of drug-likeness (QED) is 0.873. The van der Waals surface area contributed by atoms with E-state index in [1.165, 1.54) is 14.2 Å². The third kappa shape index (κ3) is 5.85. The topological polar surface area (TPSA) is 72.8 Å². The zero-order chi connectivity index (χ0) is 17.9. The Balaban J connectivity index is 0.000000240. The van der Waals surface area contributed by atoms with E-state index in [9.17, 15) is 14.7 Å². The summed E-state index contributed by atoms with van der Waals surface area (Å²) in [5, 5.41) is 9.31. The predicted molar refractivity (Wildman–Crippen MR) is 90.3 cm³/mol. The van der Waals surface area contributed by atoms with Crippen LogP contribution in [0.25, 0.3) is 0 Å². The van der Waals surface area contributed by atoms with Crippen molar-refractivity contribution in [1.82, 2.24) is 0 Å². The number of hydrogen-bond acceptors (Lipinski definition) is 5. The monoisotopic (exact) mass is 330 g/mol. The summed E-state index contributed by atoms with van der Waals surface area (Å²) in [6.07, 6.45) is -1.17. The molecule has 5 heteroatoms. The van der Waals surface area contributed by atoms with Gasteiger partial charge in [-0.05, 0) is 18.1 Å². The molecule has 0 saturated carbocycles. The Morgan fingerprint density at radius 3 is 1.62 bits per heavy atom. The normalized spacial score (nSPS) is 12.2. The van der Waals surface area contributed by atoms with Crippen LogP contribution < -0.4 is 0 Å². The second kappa shape index (κ2) is 10.2. The van der Waals surface area contributed by atoms with Crippen LogP contribution in [0.2, 0.25) is 0 Å². The number of esters is 2. The van der Waals surface area contributed by atoms with E-state index in [0.29, 0.717) is 5.56 Å². The van der Waals surface area contributed by atoms with Crippen LogP contribution in [-0.4, -0.2) is 31.3 Å². The van der Waals surface area contributed by atoms with Gasteiger partial charge in [-0.1, -0.05) is 60.7 Å². The molecule has 0 aliphatic heterocycles.